The Hall–Kier alpha value is -6.61. The molecule has 2 aliphatic rings. The Kier molecular flexibility index (Phi) is 19.1. The number of carbonyl (C=O) groups excluding carboxylic acids is 2. The van der Waals surface area contributed by atoms with E-state index in [1.165, 1.54) is 0 Å². The number of H-pyrrole nitrogens is 2. The molecule has 0 saturated carbocycles. The first-order valence-corrected chi connectivity index (χ1v) is 23.6. The Morgan fingerprint density at radius 3 is 1.56 bits per heavy atom. The SMILES string of the molecule is NC1(CO)CCN(c2cnc3c(-c4cccc(Cl)c4Cl)[nH]nc3n2)CC1.O=C(NC1(CO)CCN(c2cnc3c(-c4cccc(Cl)c4Cl)[nH]nc3n2)CC1)OCc1ccccc1.O=C(O)C(F)(F)F.O=CC(F)(F)F. The topological polar surface area (TPSA) is 275 Å². The number of hydrogen-bond donors (Lipinski definition) is 7. The highest BCUT2D eigenvalue weighted by Gasteiger charge is 2.39. The number of benzene rings is 3. The van der Waals surface area contributed by atoms with Crippen LogP contribution in [0.25, 0.3) is 44.8 Å². The van der Waals surface area contributed by atoms with Gasteiger partial charge in [-0.05, 0) is 43.4 Å². The van der Waals surface area contributed by atoms with Crippen molar-refractivity contribution in [3.05, 3.63) is 105 Å². The molecule has 2 saturated heterocycles. The number of ether oxygens (including phenoxy) is 1. The number of nitrogens with two attached hydrogens (primary N) is 1. The van der Waals surface area contributed by atoms with Crippen LogP contribution >= 0.6 is 46.4 Å². The lowest BCUT2D eigenvalue weighted by atomic mass is 9.88. The van der Waals surface area contributed by atoms with Gasteiger partial charge in [0.15, 0.2) is 0 Å². The molecule has 29 heteroatoms. The van der Waals surface area contributed by atoms with Gasteiger partial charge in [-0.15, -0.1) is 0 Å². The van der Waals surface area contributed by atoms with Crippen LogP contribution in [-0.2, 0) is 20.9 Å². The number of aldehydes is 1. The van der Waals surface area contributed by atoms with E-state index in [9.17, 15) is 41.4 Å². The largest absolute Gasteiger partial charge is 0.490 e. The zero-order chi connectivity index (χ0) is 54.7. The van der Waals surface area contributed by atoms with Gasteiger partial charge in [0.2, 0.25) is 17.6 Å². The fraction of sp³-hybridized carbons (Fsp3) is 0.326. The molecule has 0 atom stereocenters. The second kappa shape index (κ2) is 24.8. The van der Waals surface area contributed by atoms with Gasteiger partial charge >= 0.3 is 24.4 Å². The zero-order valence-corrected chi connectivity index (χ0v) is 41.8. The number of aliphatic hydroxyl groups excluding tert-OH is 2. The van der Waals surface area contributed by atoms with E-state index in [1.54, 1.807) is 24.5 Å². The smallest absolute Gasteiger partial charge is 0.475 e. The summed E-state index contributed by atoms with van der Waals surface area (Å²) in [6.45, 7) is 2.54. The van der Waals surface area contributed by atoms with E-state index in [-0.39, 0.29) is 19.8 Å². The van der Waals surface area contributed by atoms with Gasteiger partial charge in [0.25, 0.3) is 0 Å². The Bertz CT molecular complexity index is 3080. The number of alkyl halides is 6. The quantitative estimate of drug-likeness (QED) is 0.0526. The van der Waals surface area contributed by atoms with E-state index in [0.29, 0.717) is 117 Å². The average Bonchev–Trinajstić information content (AvgIpc) is 4.02. The number of aliphatic carboxylic acids is 1. The first-order valence-electron chi connectivity index (χ1n) is 22.1. The third-order valence-electron chi connectivity index (χ3n) is 11.6. The van der Waals surface area contributed by atoms with E-state index >= 15 is 0 Å². The van der Waals surface area contributed by atoms with Crippen molar-refractivity contribution in [2.24, 2.45) is 5.73 Å². The minimum atomic E-state index is -5.08. The molecule has 2 aliphatic heterocycles. The number of anilines is 2. The van der Waals surface area contributed by atoms with Gasteiger partial charge in [0, 0.05) is 42.8 Å². The number of aliphatic hydroxyl groups is 2. The molecule has 9 rings (SSSR count). The number of carbonyl (C=O) groups is 3. The highest BCUT2D eigenvalue weighted by atomic mass is 35.5. The summed E-state index contributed by atoms with van der Waals surface area (Å²) in [5.74, 6) is -1.35. The lowest BCUT2D eigenvalue weighted by Gasteiger charge is -2.41. The Morgan fingerprint density at radius 2 is 1.16 bits per heavy atom. The van der Waals surface area contributed by atoms with Crippen molar-refractivity contribution in [1.29, 1.82) is 0 Å². The number of fused-ring (bicyclic) bond motifs is 2. The summed E-state index contributed by atoms with van der Waals surface area (Å²) in [5, 5.41) is 45.8. The second-order valence-electron chi connectivity index (χ2n) is 16.8. The molecule has 400 valence electrons. The lowest BCUT2D eigenvalue weighted by Crippen LogP contribution is -2.57. The molecule has 75 heavy (non-hydrogen) atoms. The van der Waals surface area contributed by atoms with Gasteiger partial charge in [-0.3, -0.25) is 15.0 Å². The van der Waals surface area contributed by atoms with Crippen LogP contribution in [0.4, 0.5) is 42.8 Å². The van der Waals surface area contributed by atoms with Gasteiger partial charge in [-0.25, -0.2) is 29.5 Å². The second-order valence-corrected chi connectivity index (χ2v) is 18.4. The number of halogens is 10. The van der Waals surface area contributed by atoms with E-state index in [2.05, 4.69) is 55.4 Å². The third-order valence-corrected chi connectivity index (χ3v) is 13.3. The Labute approximate surface area is 441 Å². The molecule has 8 N–H and O–H groups in total. The zero-order valence-electron chi connectivity index (χ0n) is 38.8. The summed E-state index contributed by atoms with van der Waals surface area (Å²) in [4.78, 5) is 52.6. The predicted octanol–water partition coefficient (Wildman–Crippen LogP) is 8.58. The number of nitrogens with zero attached hydrogens (tertiary/aromatic N) is 8. The molecule has 0 unspecified atom stereocenters. The maximum Gasteiger partial charge on any atom is 0.490 e. The number of aromatic amines is 2. The van der Waals surface area contributed by atoms with Crippen LogP contribution in [0.5, 0.6) is 0 Å². The monoisotopic (exact) mass is 1130 g/mol. The fourth-order valence-electron chi connectivity index (χ4n) is 7.45. The third kappa shape index (κ3) is 15.0. The van der Waals surface area contributed by atoms with Gasteiger partial charge in [0.1, 0.15) is 29.3 Å². The summed E-state index contributed by atoms with van der Waals surface area (Å²) >= 11 is 24.9. The van der Waals surface area contributed by atoms with E-state index in [4.69, 9.17) is 71.6 Å². The molecule has 7 aromatic rings. The van der Waals surface area contributed by atoms with Crippen molar-refractivity contribution in [2.45, 2.75) is 55.7 Å². The normalized spacial score (nSPS) is 15.1. The minimum absolute atomic E-state index is 0.00528. The standard InChI is InChI=1S/C25H24Cl2N6O3.C17H18Cl2N6O.C2HF3O2.C2HF3O/c26-18-8-4-7-17(20(18)27)21-22-23(32-31-21)29-19(13-28-22)33-11-9-25(15-34,10-12-33)30-24(35)36-14-16-5-2-1-3-6-16;18-11-3-1-2-10(13(11)19)14-15-16(24-23-14)22-12(8-21-15)25-6-4-17(20,9-26)5-7-25;3-2(4,5)1(6)7;3-2(4,5)1-6/h1-8,13,34H,9-12,14-15H2,(H,30,35)(H,29,31,32);1-3,8,26H,4-7,9,20H2,(H,22,23,24);(H,6,7);1H. The number of nitrogens with one attached hydrogen (secondary N) is 3. The number of aromatic nitrogens is 8. The van der Waals surface area contributed by atoms with Crippen molar-refractivity contribution in [3.63, 3.8) is 0 Å². The summed E-state index contributed by atoms with van der Waals surface area (Å²) in [6.07, 6.45) is -5.48. The molecule has 19 nitrogen and oxygen atoms in total. The number of hydrogen-bond acceptors (Lipinski definition) is 15. The van der Waals surface area contributed by atoms with Crippen LogP contribution in [0.3, 0.4) is 0 Å². The number of alkyl carbamates (subject to hydrolysis) is 1. The van der Waals surface area contributed by atoms with Crippen LogP contribution in [0.15, 0.2) is 79.1 Å². The first kappa shape index (κ1) is 57.7. The predicted molar refractivity (Wildman–Crippen MR) is 267 cm³/mol. The molecule has 4 aromatic heterocycles. The molecule has 2 fully saturated rings. The van der Waals surface area contributed by atoms with Gasteiger partial charge in [0.05, 0.1) is 62.6 Å². The minimum Gasteiger partial charge on any atom is -0.475 e. The van der Waals surface area contributed by atoms with Crippen LogP contribution in [0.2, 0.25) is 20.1 Å². The van der Waals surface area contributed by atoms with Gasteiger partial charge < -0.3 is 40.9 Å². The molecule has 0 bridgehead atoms. The number of carboxylic acids is 1. The van der Waals surface area contributed by atoms with E-state index < -0.39 is 41.8 Å². The van der Waals surface area contributed by atoms with Crippen molar-refractivity contribution >= 4 is 98.7 Å². The highest BCUT2D eigenvalue weighted by molar-refractivity contribution is 6.44. The molecular weight excluding hydrogens is 1090 g/mol. The van der Waals surface area contributed by atoms with Crippen LogP contribution in [0.1, 0.15) is 31.2 Å². The van der Waals surface area contributed by atoms with Gasteiger partial charge in [-0.2, -0.15) is 36.5 Å². The number of carboxylic acid groups (broad SMARTS) is 1. The Morgan fingerprint density at radius 1 is 0.720 bits per heavy atom. The number of amides is 1. The summed E-state index contributed by atoms with van der Waals surface area (Å²) in [5.41, 5.74) is 10.7. The summed E-state index contributed by atoms with van der Waals surface area (Å²) < 4.78 is 68.3. The molecular formula is C46H44Cl4F6N12O7. The highest BCUT2D eigenvalue weighted by Crippen LogP contribution is 2.37. The first-order chi connectivity index (χ1) is 35.5. The van der Waals surface area contributed by atoms with E-state index in [0.717, 1.165) is 16.9 Å². The molecule has 3 aromatic carbocycles. The number of piperidine rings is 2. The van der Waals surface area contributed by atoms with Crippen molar-refractivity contribution < 1.29 is 60.8 Å². The van der Waals surface area contributed by atoms with Crippen molar-refractivity contribution in [1.82, 2.24) is 45.6 Å². The summed E-state index contributed by atoms with van der Waals surface area (Å²) in [7, 11) is 0. The molecule has 0 aliphatic carbocycles. The molecule has 1 amide bonds. The molecule has 0 spiro atoms. The molecule has 6 heterocycles. The van der Waals surface area contributed by atoms with Crippen molar-refractivity contribution in [2.75, 3.05) is 49.2 Å². The number of rotatable bonds is 9. The lowest BCUT2D eigenvalue weighted by molar-refractivity contribution is -0.192. The maximum absolute atomic E-state index is 12.4. The van der Waals surface area contributed by atoms with Crippen LogP contribution < -0.4 is 20.9 Å². The van der Waals surface area contributed by atoms with Crippen molar-refractivity contribution in [3.8, 4) is 22.5 Å². The van der Waals surface area contributed by atoms with E-state index in [1.807, 2.05) is 54.6 Å². The Balaban J connectivity index is 0.000000203. The van der Waals surface area contributed by atoms with Crippen LogP contribution in [0, 0.1) is 0 Å². The summed E-state index contributed by atoms with van der Waals surface area (Å²) in [6, 6.07) is 20.2. The van der Waals surface area contributed by atoms with Gasteiger partial charge in [-0.1, -0.05) is 101 Å². The fourth-order valence-corrected chi connectivity index (χ4v) is 8.24. The molecule has 0 radical (unpaired) electrons. The maximum atomic E-state index is 12.4. The van der Waals surface area contributed by atoms with Crippen LogP contribution in [-0.4, -0.2) is 137 Å². The average molecular weight is 1130 g/mol.